The minimum Gasteiger partial charge on any atom is -0.444 e. The molecule has 0 spiro atoms. The maximum absolute atomic E-state index is 14.1. The number of nitrogens with two attached hydrogens (primary N) is 1. The highest BCUT2D eigenvalue weighted by Gasteiger charge is 2.40. The van der Waals surface area contributed by atoms with Gasteiger partial charge in [0.05, 0.1) is 6.04 Å². The summed E-state index contributed by atoms with van der Waals surface area (Å²) in [5.41, 5.74) is 6.41. The number of alkyl halides is 1. The molecule has 5 heteroatoms. The van der Waals surface area contributed by atoms with Crippen molar-refractivity contribution in [1.82, 2.24) is 4.90 Å². The van der Waals surface area contributed by atoms with Crippen molar-refractivity contribution in [1.29, 1.82) is 0 Å². The maximum atomic E-state index is 14.1. The van der Waals surface area contributed by atoms with Gasteiger partial charge in [0.1, 0.15) is 11.8 Å². The van der Waals surface area contributed by atoms with Crippen LogP contribution in [0, 0.1) is 0 Å². The number of amides is 1. The number of likely N-dealkylation sites (tertiary alicyclic amines) is 1. The van der Waals surface area contributed by atoms with Gasteiger partial charge < -0.3 is 10.5 Å². The smallest absolute Gasteiger partial charge is 0.410 e. The molecule has 2 N–H and O–H groups in total. The van der Waals surface area contributed by atoms with E-state index < -0.39 is 23.9 Å². The topological polar surface area (TPSA) is 55.6 Å². The molecule has 2 atom stereocenters. The summed E-state index contributed by atoms with van der Waals surface area (Å²) >= 11 is 0. The summed E-state index contributed by atoms with van der Waals surface area (Å²) in [6, 6.07) is 6.36. The average Bonchev–Trinajstić information content (AvgIpc) is 2.70. The van der Waals surface area contributed by atoms with E-state index in [-0.39, 0.29) is 0 Å². The molecule has 1 aromatic carbocycles. The Hall–Kier alpha value is -1.78. The second-order valence-corrected chi connectivity index (χ2v) is 6.09. The van der Waals surface area contributed by atoms with Crippen molar-refractivity contribution >= 4 is 11.8 Å². The fourth-order valence-electron chi connectivity index (χ4n) is 2.36. The Labute approximate surface area is 118 Å². The Kier molecular flexibility index (Phi) is 3.88. The zero-order chi connectivity index (χ0) is 14.9. The molecule has 1 fully saturated rings. The van der Waals surface area contributed by atoms with Crippen LogP contribution < -0.4 is 5.73 Å². The molecule has 0 aliphatic carbocycles. The lowest BCUT2D eigenvalue weighted by atomic mass is 10.0. The fraction of sp³-hybridized carbons (Fsp3) is 0.533. The van der Waals surface area contributed by atoms with Crippen molar-refractivity contribution in [3.63, 3.8) is 0 Å². The normalized spacial score (nSPS) is 22.9. The standard InChI is InChI=1S/C15H21FN2O2/c1-15(2,3)20-14(19)18-9-8-12(16)13(18)10-4-6-11(17)7-5-10/h4-7,12-13H,8-9,17H2,1-3H3. The van der Waals surface area contributed by atoms with E-state index in [0.717, 1.165) is 5.56 Å². The first-order chi connectivity index (χ1) is 9.28. The number of hydrogen-bond acceptors (Lipinski definition) is 3. The lowest BCUT2D eigenvalue weighted by Gasteiger charge is -2.29. The Morgan fingerprint density at radius 3 is 2.50 bits per heavy atom. The molecule has 1 aliphatic rings. The second-order valence-electron chi connectivity index (χ2n) is 6.09. The molecule has 1 aliphatic heterocycles. The number of halogens is 1. The number of carbonyl (C=O) groups excluding carboxylic acids is 1. The predicted octanol–water partition coefficient (Wildman–Crippen LogP) is 3.29. The first-order valence-corrected chi connectivity index (χ1v) is 6.77. The van der Waals surface area contributed by atoms with E-state index in [1.807, 2.05) is 0 Å². The van der Waals surface area contributed by atoms with E-state index in [1.165, 1.54) is 4.90 Å². The van der Waals surface area contributed by atoms with Crippen LogP contribution in [0.2, 0.25) is 0 Å². The predicted molar refractivity (Wildman–Crippen MR) is 76.0 cm³/mol. The van der Waals surface area contributed by atoms with E-state index >= 15 is 0 Å². The van der Waals surface area contributed by atoms with E-state index in [9.17, 15) is 9.18 Å². The summed E-state index contributed by atoms with van der Waals surface area (Å²) in [6.45, 7) is 5.76. The van der Waals surface area contributed by atoms with Gasteiger partial charge in [-0.3, -0.25) is 4.90 Å². The molecule has 0 radical (unpaired) electrons. The number of hydrogen-bond donors (Lipinski definition) is 1. The van der Waals surface area contributed by atoms with Crippen LogP contribution in [0.25, 0.3) is 0 Å². The molecule has 20 heavy (non-hydrogen) atoms. The third-order valence-corrected chi connectivity index (χ3v) is 3.23. The molecular weight excluding hydrogens is 259 g/mol. The van der Waals surface area contributed by atoms with Crippen LogP contribution >= 0.6 is 0 Å². The Bertz CT molecular complexity index is 482. The van der Waals surface area contributed by atoms with Gasteiger partial charge in [-0.05, 0) is 44.9 Å². The van der Waals surface area contributed by atoms with Crippen molar-refractivity contribution in [3.05, 3.63) is 29.8 Å². The highest BCUT2D eigenvalue weighted by Crippen LogP contribution is 2.35. The number of nitrogen functional groups attached to an aromatic ring is 1. The number of anilines is 1. The molecule has 2 rings (SSSR count). The van der Waals surface area contributed by atoms with Gasteiger partial charge in [0, 0.05) is 12.2 Å². The van der Waals surface area contributed by atoms with Crippen LogP contribution in [0.3, 0.4) is 0 Å². The molecule has 1 heterocycles. The van der Waals surface area contributed by atoms with Gasteiger partial charge in [-0.2, -0.15) is 0 Å². The van der Waals surface area contributed by atoms with Crippen molar-refractivity contribution in [2.24, 2.45) is 0 Å². The zero-order valence-corrected chi connectivity index (χ0v) is 12.1. The highest BCUT2D eigenvalue weighted by molar-refractivity contribution is 5.69. The Morgan fingerprint density at radius 2 is 1.95 bits per heavy atom. The lowest BCUT2D eigenvalue weighted by molar-refractivity contribution is 0.0194. The quantitative estimate of drug-likeness (QED) is 0.803. The first-order valence-electron chi connectivity index (χ1n) is 6.77. The molecule has 0 aromatic heterocycles. The van der Waals surface area contributed by atoms with E-state index in [4.69, 9.17) is 10.5 Å². The lowest BCUT2D eigenvalue weighted by Crippen LogP contribution is -2.37. The monoisotopic (exact) mass is 280 g/mol. The highest BCUT2D eigenvalue weighted by atomic mass is 19.1. The van der Waals surface area contributed by atoms with Gasteiger partial charge in [0.25, 0.3) is 0 Å². The van der Waals surface area contributed by atoms with Crippen LogP contribution in [-0.4, -0.2) is 29.3 Å². The minimum atomic E-state index is -1.08. The minimum absolute atomic E-state index is 0.328. The summed E-state index contributed by atoms with van der Waals surface area (Å²) in [7, 11) is 0. The van der Waals surface area contributed by atoms with Crippen molar-refractivity contribution < 1.29 is 13.9 Å². The number of nitrogens with zero attached hydrogens (tertiary/aromatic N) is 1. The van der Waals surface area contributed by atoms with Crippen LogP contribution in [0.15, 0.2) is 24.3 Å². The second kappa shape index (κ2) is 5.31. The van der Waals surface area contributed by atoms with E-state index in [2.05, 4.69) is 0 Å². The summed E-state index contributed by atoms with van der Waals surface area (Å²) < 4.78 is 19.5. The molecule has 0 bridgehead atoms. The SMILES string of the molecule is CC(C)(C)OC(=O)N1CCC(F)C1c1ccc(N)cc1. The number of carbonyl (C=O) groups is 1. The molecule has 0 saturated carbocycles. The van der Waals surface area contributed by atoms with Gasteiger partial charge in [-0.1, -0.05) is 12.1 Å². The van der Waals surface area contributed by atoms with Crippen LogP contribution in [0.4, 0.5) is 14.9 Å². The number of benzene rings is 1. The number of rotatable bonds is 1. The van der Waals surface area contributed by atoms with Crippen LogP contribution in [-0.2, 0) is 4.74 Å². The van der Waals surface area contributed by atoms with Gasteiger partial charge in [0.15, 0.2) is 0 Å². The molecule has 2 unspecified atom stereocenters. The van der Waals surface area contributed by atoms with Crippen molar-refractivity contribution in [3.8, 4) is 0 Å². The van der Waals surface area contributed by atoms with E-state index in [0.29, 0.717) is 18.7 Å². The largest absolute Gasteiger partial charge is 0.444 e. The summed E-state index contributed by atoms with van der Waals surface area (Å²) in [5.74, 6) is 0. The molecule has 4 nitrogen and oxygen atoms in total. The van der Waals surface area contributed by atoms with Gasteiger partial charge in [-0.15, -0.1) is 0 Å². The third kappa shape index (κ3) is 3.21. The molecule has 1 amide bonds. The van der Waals surface area contributed by atoms with Gasteiger partial charge >= 0.3 is 6.09 Å². The van der Waals surface area contributed by atoms with Crippen LogP contribution in [0.1, 0.15) is 38.8 Å². The molecule has 1 saturated heterocycles. The third-order valence-electron chi connectivity index (χ3n) is 3.23. The van der Waals surface area contributed by atoms with Crippen molar-refractivity contribution in [2.75, 3.05) is 12.3 Å². The average molecular weight is 280 g/mol. The first kappa shape index (κ1) is 14.6. The molecular formula is C15H21FN2O2. The summed E-state index contributed by atoms with van der Waals surface area (Å²) in [5, 5.41) is 0. The van der Waals surface area contributed by atoms with E-state index in [1.54, 1.807) is 45.0 Å². The molecule has 110 valence electrons. The maximum Gasteiger partial charge on any atom is 0.410 e. The number of ether oxygens (including phenoxy) is 1. The van der Waals surface area contributed by atoms with Gasteiger partial charge in [0.2, 0.25) is 0 Å². The summed E-state index contributed by atoms with van der Waals surface area (Å²) in [4.78, 5) is 13.6. The Balaban J connectivity index is 2.20. The van der Waals surface area contributed by atoms with Gasteiger partial charge in [-0.25, -0.2) is 9.18 Å². The van der Waals surface area contributed by atoms with Crippen molar-refractivity contribution in [2.45, 2.75) is 45.0 Å². The van der Waals surface area contributed by atoms with Crippen LogP contribution in [0.5, 0.6) is 0 Å². The fourth-order valence-corrected chi connectivity index (χ4v) is 2.36. The Morgan fingerprint density at radius 1 is 1.35 bits per heavy atom. The molecule has 1 aromatic rings. The zero-order valence-electron chi connectivity index (χ0n) is 12.1. The summed E-state index contributed by atoms with van der Waals surface area (Å²) in [6.07, 6.45) is -1.22.